The minimum Gasteiger partial charge on any atom is -0.349 e. The number of thiazole rings is 1. The quantitative estimate of drug-likeness (QED) is 0.427. The molecule has 0 unspecified atom stereocenters. The van der Waals surface area contributed by atoms with E-state index in [0.717, 1.165) is 45.9 Å². The number of hydrogen-bond acceptors (Lipinski definition) is 4. The van der Waals surface area contributed by atoms with Gasteiger partial charge in [-0.25, -0.2) is 4.98 Å². The van der Waals surface area contributed by atoms with Crippen molar-refractivity contribution in [1.82, 2.24) is 4.98 Å². The SMILES string of the molecule is CCN(CC)c1nc(-c2ccc(NC(=O)c3ccc4ccccc4c3)cc2)cs1. The summed E-state index contributed by atoms with van der Waals surface area (Å²) in [4.78, 5) is 19.6. The summed E-state index contributed by atoms with van der Waals surface area (Å²) in [6.45, 7) is 6.17. The molecule has 0 bridgehead atoms. The molecular formula is C24H23N3OS. The van der Waals surface area contributed by atoms with Gasteiger partial charge in [-0.2, -0.15) is 0 Å². The number of amides is 1. The van der Waals surface area contributed by atoms with Crippen LogP contribution in [0.2, 0.25) is 0 Å². The van der Waals surface area contributed by atoms with Crippen molar-refractivity contribution >= 4 is 38.8 Å². The molecule has 0 saturated carbocycles. The number of fused-ring (bicyclic) bond motifs is 1. The lowest BCUT2D eigenvalue weighted by Gasteiger charge is -2.16. The largest absolute Gasteiger partial charge is 0.349 e. The van der Waals surface area contributed by atoms with Crippen LogP contribution in [-0.2, 0) is 0 Å². The lowest BCUT2D eigenvalue weighted by Crippen LogP contribution is -2.21. The van der Waals surface area contributed by atoms with Crippen LogP contribution in [0.4, 0.5) is 10.8 Å². The summed E-state index contributed by atoms with van der Waals surface area (Å²) in [5, 5.41) is 8.28. The van der Waals surface area contributed by atoms with Gasteiger partial charge in [0.25, 0.3) is 5.91 Å². The zero-order chi connectivity index (χ0) is 20.2. The third-order valence-electron chi connectivity index (χ3n) is 4.98. The fraction of sp³-hybridized carbons (Fsp3) is 0.167. The number of carbonyl (C=O) groups is 1. The average molecular weight is 402 g/mol. The number of aromatic nitrogens is 1. The Bertz CT molecular complexity index is 1130. The Kier molecular flexibility index (Phi) is 5.58. The Morgan fingerprint density at radius 1 is 0.966 bits per heavy atom. The van der Waals surface area contributed by atoms with E-state index in [1.165, 1.54) is 0 Å². The first kappa shape index (κ1) is 19.2. The molecule has 146 valence electrons. The molecular weight excluding hydrogens is 378 g/mol. The van der Waals surface area contributed by atoms with Crippen LogP contribution >= 0.6 is 11.3 Å². The Morgan fingerprint density at radius 2 is 1.69 bits per heavy atom. The van der Waals surface area contributed by atoms with E-state index in [-0.39, 0.29) is 5.91 Å². The van der Waals surface area contributed by atoms with Crippen molar-refractivity contribution in [3.63, 3.8) is 0 Å². The summed E-state index contributed by atoms with van der Waals surface area (Å²) < 4.78 is 0. The number of anilines is 2. The molecule has 5 heteroatoms. The third kappa shape index (κ3) is 4.15. The van der Waals surface area contributed by atoms with Crippen molar-refractivity contribution in [2.75, 3.05) is 23.3 Å². The van der Waals surface area contributed by atoms with Gasteiger partial charge in [-0.15, -0.1) is 11.3 Å². The summed E-state index contributed by atoms with van der Waals surface area (Å²) in [5.74, 6) is -0.110. The monoisotopic (exact) mass is 401 g/mol. The molecule has 29 heavy (non-hydrogen) atoms. The molecule has 4 rings (SSSR count). The summed E-state index contributed by atoms with van der Waals surface area (Å²) in [6, 6.07) is 21.6. The maximum Gasteiger partial charge on any atom is 0.255 e. The van der Waals surface area contributed by atoms with E-state index in [1.807, 2.05) is 66.7 Å². The topological polar surface area (TPSA) is 45.2 Å². The smallest absolute Gasteiger partial charge is 0.255 e. The lowest BCUT2D eigenvalue weighted by atomic mass is 10.1. The first-order valence-corrected chi connectivity index (χ1v) is 10.7. The van der Waals surface area contributed by atoms with Crippen molar-refractivity contribution < 1.29 is 4.79 Å². The van der Waals surface area contributed by atoms with Gasteiger partial charge in [0, 0.05) is 35.3 Å². The molecule has 0 fully saturated rings. The highest BCUT2D eigenvalue weighted by molar-refractivity contribution is 7.14. The van der Waals surface area contributed by atoms with Gasteiger partial charge in [-0.1, -0.05) is 42.5 Å². The molecule has 4 nitrogen and oxygen atoms in total. The molecule has 1 aromatic heterocycles. The minimum atomic E-state index is -0.110. The van der Waals surface area contributed by atoms with Gasteiger partial charge in [0.1, 0.15) is 0 Å². The van der Waals surface area contributed by atoms with Crippen LogP contribution in [0, 0.1) is 0 Å². The van der Waals surface area contributed by atoms with Crippen LogP contribution in [0.5, 0.6) is 0 Å². The molecule has 1 amide bonds. The van der Waals surface area contributed by atoms with Crippen molar-refractivity contribution in [3.8, 4) is 11.3 Å². The number of benzene rings is 3. The second-order valence-corrected chi connectivity index (χ2v) is 7.62. The van der Waals surface area contributed by atoms with Crippen molar-refractivity contribution in [1.29, 1.82) is 0 Å². The number of nitrogens with one attached hydrogen (secondary N) is 1. The summed E-state index contributed by atoms with van der Waals surface area (Å²) in [7, 11) is 0. The van der Waals surface area contributed by atoms with Crippen LogP contribution < -0.4 is 10.2 Å². The van der Waals surface area contributed by atoms with E-state index in [0.29, 0.717) is 5.56 Å². The number of nitrogens with zero attached hydrogens (tertiary/aromatic N) is 2. The second kappa shape index (κ2) is 8.45. The van der Waals surface area contributed by atoms with Gasteiger partial charge < -0.3 is 10.2 Å². The molecule has 0 spiro atoms. The molecule has 0 radical (unpaired) electrons. The van der Waals surface area contributed by atoms with E-state index in [9.17, 15) is 4.79 Å². The zero-order valence-electron chi connectivity index (χ0n) is 16.6. The fourth-order valence-corrected chi connectivity index (χ4v) is 4.26. The highest BCUT2D eigenvalue weighted by atomic mass is 32.1. The molecule has 1 heterocycles. The zero-order valence-corrected chi connectivity index (χ0v) is 17.4. The molecule has 0 aliphatic rings. The van der Waals surface area contributed by atoms with Crippen LogP contribution in [0.3, 0.4) is 0 Å². The van der Waals surface area contributed by atoms with Crippen LogP contribution in [0.25, 0.3) is 22.0 Å². The Hall–Kier alpha value is -3.18. The van der Waals surface area contributed by atoms with E-state index in [4.69, 9.17) is 4.98 Å². The molecule has 0 atom stereocenters. The fourth-order valence-electron chi connectivity index (χ4n) is 3.29. The predicted molar refractivity (Wildman–Crippen MR) is 123 cm³/mol. The highest BCUT2D eigenvalue weighted by Crippen LogP contribution is 2.28. The summed E-state index contributed by atoms with van der Waals surface area (Å²) in [5.41, 5.74) is 3.43. The number of carbonyl (C=O) groups excluding carboxylic acids is 1. The normalized spacial score (nSPS) is 10.8. The van der Waals surface area contributed by atoms with Crippen molar-refractivity contribution in [2.45, 2.75) is 13.8 Å². The number of rotatable bonds is 6. The van der Waals surface area contributed by atoms with E-state index >= 15 is 0 Å². The van der Waals surface area contributed by atoms with Gasteiger partial charge in [-0.05, 0) is 48.9 Å². The van der Waals surface area contributed by atoms with Crippen LogP contribution in [0.15, 0.2) is 72.1 Å². The maximum atomic E-state index is 12.6. The van der Waals surface area contributed by atoms with Crippen molar-refractivity contribution in [3.05, 3.63) is 77.7 Å². The standard InChI is InChI=1S/C24H23N3OS/c1-3-27(4-2)24-26-22(16-29-24)18-11-13-21(14-12-18)25-23(28)20-10-9-17-7-5-6-8-19(17)15-20/h5-16H,3-4H2,1-2H3,(H,25,28). The number of hydrogen-bond donors (Lipinski definition) is 1. The van der Waals surface area contributed by atoms with E-state index in [2.05, 4.69) is 29.4 Å². The molecule has 4 aromatic rings. The first-order chi connectivity index (χ1) is 14.2. The molecule has 0 aliphatic heterocycles. The van der Waals surface area contributed by atoms with E-state index < -0.39 is 0 Å². The minimum absolute atomic E-state index is 0.110. The molecule has 1 N–H and O–H groups in total. The predicted octanol–water partition coefficient (Wildman–Crippen LogP) is 6.06. The maximum absolute atomic E-state index is 12.6. The van der Waals surface area contributed by atoms with E-state index in [1.54, 1.807) is 11.3 Å². The van der Waals surface area contributed by atoms with Crippen molar-refractivity contribution in [2.24, 2.45) is 0 Å². The van der Waals surface area contributed by atoms with Crippen LogP contribution in [0.1, 0.15) is 24.2 Å². The van der Waals surface area contributed by atoms with Gasteiger partial charge in [0.05, 0.1) is 5.69 Å². The van der Waals surface area contributed by atoms with Gasteiger partial charge in [0.2, 0.25) is 0 Å². The summed E-state index contributed by atoms with van der Waals surface area (Å²) >= 11 is 1.66. The molecule has 0 saturated heterocycles. The third-order valence-corrected chi connectivity index (χ3v) is 5.88. The van der Waals surface area contributed by atoms with Gasteiger partial charge in [0.15, 0.2) is 5.13 Å². The lowest BCUT2D eigenvalue weighted by molar-refractivity contribution is 0.102. The molecule has 0 aliphatic carbocycles. The highest BCUT2D eigenvalue weighted by Gasteiger charge is 2.10. The summed E-state index contributed by atoms with van der Waals surface area (Å²) in [6.07, 6.45) is 0. The first-order valence-electron chi connectivity index (χ1n) is 9.79. The Labute approximate surface area is 174 Å². The average Bonchev–Trinajstić information content (AvgIpc) is 3.25. The van der Waals surface area contributed by atoms with Gasteiger partial charge >= 0.3 is 0 Å². The van der Waals surface area contributed by atoms with Crippen LogP contribution in [-0.4, -0.2) is 24.0 Å². The Balaban J connectivity index is 1.48. The Morgan fingerprint density at radius 3 is 2.41 bits per heavy atom. The molecule has 3 aromatic carbocycles. The second-order valence-electron chi connectivity index (χ2n) is 6.78. The van der Waals surface area contributed by atoms with Gasteiger partial charge in [-0.3, -0.25) is 4.79 Å².